The van der Waals surface area contributed by atoms with Crippen LogP contribution in [0.15, 0.2) is 29.3 Å². The summed E-state index contributed by atoms with van der Waals surface area (Å²) in [6.07, 6.45) is 2.07. The van der Waals surface area contributed by atoms with Crippen molar-refractivity contribution in [2.24, 2.45) is 10.9 Å². The standard InChI is InChI=1S/C18H28N4O2/c1-4-24-16-9-5-14(6-10-16)13-22(3)18(19-2)21-12-11-20-17(23)15-7-8-15/h5-6,9-10,15H,4,7-8,11-13H2,1-3H3,(H,19,21)(H,20,23). The molecule has 2 N–H and O–H groups in total. The molecular formula is C18H28N4O2. The van der Waals surface area contributed by atoms with Crippen molar-refractivity contribution in [1.82, 2.24) is 15.5 Å². The number of nitrogens with zero attached hydrogens (tertiary/aromatic N) is 2. The van der Waals surface area contributed by atoms with Crippen LogP contribution in [0.1, 0.15) is 25.3 Å². The Bertz CT molecular complexity index is 553. The lowest BCUT2D eigenvalue weighted by molar-refractivity contribution is -0.122. The molecule has 0 unspecified atom stereocenters. The van der Waals surface area contributed by atoms with E-state index in [0.29, 0.717) is 19.7 Å². The van der Waals surface area contributed by atoms with Gasteiger partial charge in [0, 0.05) is 39.6 Å². The van der Waals surface area contributed by atoms with Gasteiger partial charge < -0.3 is 20.3 Å². The van der Waals surface area contributed by atoms with Crippen molar-refractivity contribution < 1.29 is 9.53 Å². The molecule has 0 aliphatic heterocycles. The Labute approximate surface area is 144 Å². The second kappa shape index (κ2) is 9.15. The Morgan fingerprint density at radius 1 is 1.25 bits per heavy atom. The zero-order valence-electron chi connectivity index (χ0n) is 14.8. The number of carbonyl (C=O) groups excluding carboxylic acids is 1. The summed E-state index contributed by atoms with van der Waals surface area (Å²) in [5.41, 5.74) is 1.19. The first-order valence-corrected chi connectivity index (χ1v) is 8.55. The third kappa shape index (κ3) is 5.76. The Morgan fingerprint density at radius 2 is 1.92 bits per heavy atom. The molecule has 1 aliphatic rings. The van der Waals surface area contributed by atoms with E-state index in [1.54, 1.807) is 7.05 Å². The van der Waals surface area contributed by atoms with Gasteiger partial charge >= 0.3 is 0 Å². The molecular weight excluding hydrogens is 304 g/mol. The summed E-state index contributed by atoms with van der Waals surface area (Å²) < 4.78 is 5.46. The zero-order valence-corrected chi connectivity index (χ0v) is 14.8. The number of guanidine groups is 1. The van der Waals surface area contributed by atoms with Crippen LogP contribution in [0.4, 0.5) is 0 Å². The maximum atomic E-state index is 11.6. The second-order valence-electron chi connectivity index (χ2n) is 5.97. The minimum absolute atomic E-state index is 0.175. The fraction of sp³-hybridized carbons (Fsp3) is 0.556. The Morgan fingerprint density at radius 3 is 2.50 bits per heavy atom. The quantitative estimate of drug-likeness (QED) is 0.431. The van der Waals surface area contributed by atoms with Crippen LogP contribution in [0.5, 0.6) is 5.75 Å². The molecule has 0 atom stereocenters. The molecule has 0 heterocycles. The first-order chi connectivity index (χ1) is 11.6. The average molecular weight is 332 g/mol. The summed E-state index contributed by atoms with van der Waals surface area (Å²) >= 11 is 0. The largest absolute Gasteiger partial charge is 0.494 e. The molecule has 0 spiro atoms. The monoisotopic (exact) mass is 332 g/mol. The normalized spacial score (nSPS) is 14.2. The molecule has 1 saturated carbocycles. The third-order valence-electron chi connectivity index (χ3n) is 3.88. The molecule has 2 rings (SSSR count). The van der Waals surface area contributed by atoms with Crippen molar-refractivity contribution in [3.05, 3.63) is 29.8 Å². The minimum atomic E-state index is 0.175. The predicted octanol–water partition coefficient (Wildman–Crippen LogP) is 1.62. The summed E-state index contributed by atoms with van der Waals surface area (Å²) in [5, 5.41) is 6.21. The summed E-state index contributed by atoms with van der Waals surface area (Å²) in [5.74, 6) is 2.13. The van der Waals surface area contributed by atoms with Crippen LogP contribution in [-0.4, -0.2) is 50.6 Å². The van der Waals surface area contributed by atoms with Crippen molar-refractivity contribution >= 4 is 11.9 Å². The van der Waals surface area contributed by atoms with Crippen molar-refractivity contribution in [1.29, 1.82) is 0 Å². The van der Waals surface area contributed by atoms with Crippen molar-refractivity contribution in [2.75, 3.05) is 33.8 Å². The van der Waals surface area contributed by atoms with Crippen molar-refractivity contribution in [3.63, 3.8) is 0 Å². The predicted molar refractivity (Wildman–Crippen MR) is 96.2 cm³/mol. The molecule has 0 aromatic heterocycles. The van der Waals surface area contributed by atoms with Gasteiger partial charge in [0.2, 0.25) is 5.91 Å². The maximum Gasteiger partial charge on any atom is 0.223 e. The highest BCUT2D eigenvalue weighted by atomic mass is 16.5. The Balaban J connectivity index is 1.73. The average Bonchev–Trinajstić information content (AvgIpc) is 3.41. The van der Waals surface area contributed by atoms with Gasteiger partial charge in [-0.3, -0.25) is 9.79 Å². The van der Waals surface area contributed by atoms with Crippen LogP contribution in [0, 0.1) is 5.92 Å². The fourth-order valence-corrected chi connectivity index (χ4v) is 2.44. The summed E-state index contributed by atoms with van der Waals surface area (Å²) in [6.45, 7) is 4.68. The highest BCUT2D eigenvalue weighted by molar-refractivity contribution is 5.81. The van der Waals surface area contributed by atoms with Gasteiger partial charge in [0.05, 0.1) is 6.61 Å². The van der Waals surface area contributed by atoms with Crippen molar-refractivity contribution in [3.8, 4) is 5.75 Å². The number of carbonyl (C=O) groups is 1. The molecule has 0 radical (unpaired) electrons. The lowest BCUT2D eigenvalue weighted by atomic mass is 10.2. The topological polar surface area (TPSA) is 66.0 Å². The van der Waals surface area contributed by atoms with E-state index < -0.39 is 0 Å². The molecule has 24 heavy (non-hydrogen) atoms. The molecule has 1 fully saturated rings. The number of hydrogen-bond donors (Lipinski definition) is 2. The van der Waals surface area contributed by atoms with Gasteiger partial charge in [-0.2, -0.15) is 0 Å². The van der Waals surface area contributed by atoms with Gasteiger partial charge in [-0.1, -0.05) is 12.1 Å². The molecule has 1 aromatic rings. The van der Waals surface area contributed by atoms with E-state index in [0.717, 1.165) is 31.1 Å². The number of hydrogen-bond acceptors (Lipinski definition) is 3. The van der Waals surface area contributed by atoms with E-state index in [-0.39, 0.29) is 11.8 Å². The SMILES string of the molecule is CCOc1ccc(CN(C)C(=NC)NCCNC(=O)C2CC2)cc1. The summed E-state index contributed by atoms with van der Waals surface area (Å²) in [7, 11) is 3.76. The van der Waals surface area contributed by atoms with E-state index in [9.17, 15) is 4.79 Å². The number of rotatable bonds is 8. The van der Waals surface area contributed by atoms with Gasteiger partial charge in [0.15, 0.2) is 5.96 Å². The van der Waals surface area contributed by atoms with Crippen LogP contribution >= 0.6 is 0 Å². The number of nitrogens with one attached hydrogen (secondary N) is 2. The van der Waals surface area contributed by atoms with E-state index in [1.165, 1.54) is 5.56 Å². The highest BCUT2D eigenvalue weighted by Crippen LogP contribution is 2.28. The number of ether oxygens (including phenoxy) is 1. The van der Waals surface area contributed by atoms with Crippen LogP contribution in [0.25, 0.3) is 0 Å². The number of aliphatic imine (C=N–C) groups is 1. The van der Waals surface area contributed by atoms with Gasteiger partial charge in [-0.05, 0) is 37.5 Å². The number of amides is 1. The van der Waals surface area contributed by atoms with Crippen LogP contribution < -0.4 is 15.4 Å². The minimum Gasteiger partial charge on any atom is -0.494 e. The number of benzene rings is 1. The van der Waals surface area contributed by atoms with Gasteiger partial charge in [-0.25, -0.2) is 0 Å². The van der Waals surface area contributed by atoms with E-state index in [4.69, 9.17) is 4.74 Å². The lowest BCUT2D eigenvalue weighted by Gasteiger charge is -2.22. The third-order valence-corrected chi connectivity index (χ3v) is 3.88. The smallest absolute Gasteiger partial charge is 0.223 e. The first kappa shape index (κ1) is 18.1. The van der Waals surface area contributed by atoms with Gasteiger partial charge in [0.1, 0.15) is 5.75 Å². The molecule has 6 heteroatoms. The molecule has 132 valence electrons. The maximum absolute atomic E-state index is 11.6. The lowest BCUT2D eigenvalue weighted by Crippen LogP contribution is -2.42. The fourth-order valence-electron chi connectivity index (χ4n) is 2.44. The Kier molecular flexibility index (Phi) is 6.90. The molecule has 6 nitrogen and oxygen atoms in total. The Hall–Kier alpha value is -2.24. The van der Waals surface area contributed by atoms with E-state index in [2.05, 4.69) is 32.7 Å². The van der Waals surface area contributed by atoms with E-state index in [1.807, 2.05) is 26.1 Å². The van der Waals surface area contributed by atoms with Crippen LogP contribution in [-0.2, 0) is 11.3 Å². The molecule has 0 bridgehead atoms. The zero-order chi connectivity index (χ0) is 17.4. The molecule has 1 aromatic carbocycles. The first-order valence-electron chi connectivity index (χ1n) is 8.55. The summed E-state index contributed by atoms with van der Waals surface area (Å²) in [4.78, 5) is 17.9. The highest BCUT2D eigenvalue weighted by Gasteiger charge is 2.28. The van der Waals surface area contributed by atoms with Crippen LogP contribution in [0.2, 0.25) is 0 Å². The van der Waals surface area contributed by atoms with Crippen LogP contribution in [0.3, 0.4) is 0 Å². The summed E-state index contributed by atoms with van der Waals surface area (Å²) in [6, 6.07) is 8.09. The van der Waals surface area contributed by atoms with E-state index >= 15 is 0 Å². The molecule has 1 aliphatic carbocycles. The van der Waals surface area contributed by atoms with Gasteiger partial charge in [0.25, 0.3) is 0 Å². The molecule has 1 amide bonds. The second-order valence-corrected chi connectivity index (χ2v) is 5.97. The van der Waals surface area contributed by atoms with Crippen molar-refractivity contribution in [2.45, 2.75) is 26.3 Å². The molecule has 0 saturated heterocycles. The van der Waals surface area contributed by atoms with Gasteiger partial charge in [-0.15, -0.1) is 0 Å².